The summed E-state index contributed by atoms with van der Waals surface area (Å²) in [6, 6.07) is 27.4. The molecule has 0 aromatic heterocycles. The quantitative estimate of drug-likeness (QED) is 0.159. The van der Waals surface area contributed by atoms with Crippen molar-refractivity contribution in [3.8, 4) is 5.75 Å². The molecular formula is C39H44ClN3O5S. The van der Waals surface area contributed by atoms with Gasteiger partial charge in [0, 0.05) is 24.0 Å². The zero-order valence-electron chi connectivity index (χ0n) is 28.3. The first-order valence-corrected chi connectivity index (χ1v) is 18.5. The van der Waals surface area contributed by atoms with Crippen molar-refractivity contribution in [2.45, 2.75) is 75.9 Å². The molecule has 5 rings (SSSR count). The summed E-state index contributed by atoms with van der Waals surface area (Å²) in [4.78, 5) is 30.7. The topological polar surface area (TPSA) is 96.0 Å². The summed E-state index contributed by atoms with van der Waals surface area (Å²) in [5.74, 6) is -0.189. The first-order valence-electron chi connectivity index (χ1n) is 16.7. The van der Waals surface area contributed by atoms with E-state index < -0.39 is 28.5 Å². The van der Waals surface area contributed by atoms with Gasteiger partial charge in [0.2, 0.25) is 11.8 Å². The van der Waals surface area contributed by atoms with Crippen molar-refractivity contribution in [3.63, 3.8) is 0 Å². The second kappa shape index (κ2) is 16.4. The van der Waals surface area contributed by atoms with Crippen LogP contribution < -0.4 is 14.4 Å². The lowest BCUT2D eigenvalue weighted by Gasteiger charge is -2.35. The number of benzene rings is 4. The van der Waals surface area contributed by atoms with Gasteiger partial charge in [-0.15, -0.1) is 0 Å². The number of sulfonamides is 1. The number of amides is 2. The van der Waals surface area contributed by atoms with Crippen LogP contribution in [0.15, 0.2) is 102 Å². The number of hydrogen-bond donors (Lipinski definition) is 1. The summed E-state index contributed by atoms with van der Waals surface area (Å²) >= 11 is 6.41. The number of aryl methyl sites for hydroxylation is 2. The predicted molar refractivity (Wildman–Crippen MR) is 194 cm³/mol. The van der Waals surface area contributed by atoms with E-state index in [2.05, 4.69) is 5.32 Å². The van der Waals surface area contributed by atoms with Crippen molar-refractivity contribution in [1.82, 2.24) is 10.2 Å². The fourth-order valence-corrected chi connectivity index (χ4v) is 7.90. The van der Waals surface area contributed by atoms with E-state index in [0.717, 1.165) is 53.1 Å². The Morgan fingerprint density at radius 2 is 1.57 bits per heavy atom. The van der Waals surface area contributed by atoms with Gasteiger partial charge in [0.05, 0.1) is 17.7 Å². The lowest BCUT2D eigenvalue weighted by Crippen LogP contribution is -2.55. The lowest BCUT2D eigenvalue weighted by atomic mass is 9.94. The number of methoxy groups -OCH3 is 1. The Labute approximate surface area is 295 Å². The van der Waals surface area contributed by atoms with E-state index in [-0.39, 0.29) is 35.5 Å². The molecule has 1 aliphatic rings. The smallest absolute Gasteiger partial charge is 0.264 e. The number of ether oxygens (including phenoxy) is 1. The summed E-state index contributed by atoms with van der Waals surface area (Å²) in [7, 11) is -2.67. The van der Waals surface area contributed by atoms with E-state index in [4.69, 9.17) is 16.3 Å². The second-order valence-electron chi connectivity index (χ2n) is 12.7. The number of hydrogen-bond acceptors (Lipinski definition) is 5. The van der Waals surface area contributed by atoms with Crippen molar-refractivity contribution in [2.24, 2.45) is 0 Å². The van der Waals surface area contributed by atoms with Crippen molar-refractivity contribution in [2.75, 3.05) is 18.0 Å². The minimum atomic E-state index is -4.24. The molecule has 0 bridgehead atoms. The van der Waals surface area contributed by atoms with Crippen LogP contribution in [-0.2, 0) is 32.6 Å². The van der Waals surface area contributed by atoms with Crippen LogP contribution in [0.3, 0.4) is 0 Å². The molecule has 1 N–H and O–H groups in total. The monoisotopic (exact) mass is 701 g/mol. The number of rotatable bonds is 13. The molecule has 10 heteroatoms. The predicted octanol–water partition coefficient (Wildman–Crippen LogP) is 7.25. The largest absolute Gasteiger partial charge is 0.497 e. The number of carbonyl (C=O) groups excluding carboxylic acids is 2. The normalized spacial score (nSPS) is 14.1. The minimum absolute atomic E-state index is 0.0146. The fourth-order valence-electron chi connectivity index (χ4n) is 6.27. The maximum absolute atomic E-state index is 14.8. The zero-order valence-corrected chi connectivity index (χ0v) is 29.8. The number of carbonyl (C=O) groups is 2. The first-order chi connectivity index (χ1) is 23.5. The van der Waals surface area contributed by atoms with Crippen LogP contribution >= 0.6 is 11.6 Å². The molecule has 8 nitrogen and oxygen atoms in total. The van der Waals surface area contributed by atoms with E-state index in [1.807, 2.05) is 61.5 Å². The molecule has 1 fully saturated rings. The van der Waals surface area contributed by atoms with Gasteiger partial charge in [-0.1, -0.05) is 97.1 Å². The molecule has 1 aliphatic carbocycles. The number of halogens is 1. The standard InChI is InChI=1S/C39H44ClN3O5S/c1-28-17-21-35(22-18-28)49(46,47)43(36-25-32(40)20-19-29(36)2)27-38(44)42(26-31-13-10-16-34(23-31)48-3)37(24-30-11-6-4-7-12-30)39(45)41-33-14-8-5-9-15-33/h4,6-7,10-13,16-23,25,33,37H,5,8-9,14-15,24,26-27H2,1-3H3,(H,41,45)/t37-/m1/s1. The van der Waals surface area contributed by atoms with Gasteiger partial charge in [0.1, 0.15) is 18.3 Å². The molecule has 1 saturated carbocycles. The zero-order chi connectivity index (χ0) is 35.0. The molecule has 0 radical (unpaired) electrons. The molecule has 1 atom stereocenters. The van der Waals surface area contributed by atoms with E-state index in [9.17, 15) is 18.0 Å². The van der Waals surface area contributed by atoms with Gasteiger partial charge in [-0.2, -0.15) is 0 Å². The molecule has 2 amide bonds. The van der Waals surface area contributed by atoms with Crippen LogP contribution in [0, 0.1) is 13.8 Å². The molecule has 0 spiro atoms. The molecule has 0 saturated heterocycles. The molecular weight excluding hydrogens is 658 g/mol. The van der Waals surface area contributed by atoms with Gasteiger partial charge in [-0.25, -0.2) is 8.42 Å². The van der Waals surface area contributed by atoms with Gasteiger partial charge >= 0.3 is 0 Å². The maximum atomic E-state index is 14.8. The van der Waals surface area contributed by atoms with Crippen LogP contribution in [0.4, 0.5) is 5.69 Å². The highest BCUT2D eigenvalue weighted by atomic mass is 35.5. The summed E-state index contributed by atoms with van der Waals surface area (Å²) in [6.45, 7) is 3.15. The summed E-state index contributed by atoms with van der Waals surface area (Å²) in [5, 5.41) is 3.57. The number of nitrogens with one attached hydrogen (secondary N) is 1. The van der Waals surface area contributed by atoms with Gasteiger partial charge in [-0.3, -0.25) is 13.9 Å². The van der Waals surface area contributed by atoms with E-state index in [1.165, 1.54) is 17.0 Å². The van der Waals surface area contributed by atoms with Crippen LogP contribution in [0.25, 0.3) is 0 Å². The fraction of sp³-hybridized carbons (Fsp3) is 0.333. The highest BCUT2D eigenvalue weighted by molar-refractivity contribution is 7.92. The van der Waals surface area contributed by atoms with Crippen LogP contribution in [-0.4, -0.2) is 50.9 Å². The Morgan fingerprint density at radius 1 is 0.878 bits per heavy atom. The van der Waals surface area contributed by atoms with Gasteiger partial charge in [0.25, 0.3) is 10.0 Å². The van der Waals surface area contributed by atoms with E-state index >= 15 is 0 Å². The van der Waals surface area contributed by atoms with Crippen molar-refractivity contribution >= 4 is 39.1 Å². The SMILES string of the molecule is COc1cccc(CN(C(=O)CN(c2cc(Cl)ccc2C)S(=O)(=O)c2ccc(C)cc2)[C@H](Cc2ccccc2)C(=O)NC2CCCCC2)c1. The van der Waals surface area contributed by atoms with Crippen LogP contribution in [0.2, 0.25) is 5.02 Å². The van der Waals surface area contributed by atoms with Gasteiger partial charge in [0.15, 0.2) is 0 Å². The van der Waals surface area contributed by atoms with E-state index in [1.54, 1.807) is 44.4 Å². The van der Waals surface area contributed by atoms with Crippen LogP contribution in [0.5, 0.6) is 5.75 Å². The van der Waals surface area contributed by atoms with Crippen molar-refractivity contribution in [1.29, 1.82) is 0 Å². The molecule has 4 aromatic rings. The first kappa shape index (κ1) is 36.0. The average Bonchev–Trinajstić information content (AvgIpc) is 3.10. The number of nitrogens with zero attached hydrogens (tertiary/aromatic N) is 2. The molecule has 4 aromatic carbocycles. The van der Waals surface area contributed by atoms with Gasteiger partial charge < -0.3 is 15.0 Å². The highest BCUT2D eigenvalue weighted by Gasteiger charge is 2.36. The average molecular weight is 702 g/mol. The third-order valence-electron chi connectivity index (χ3n) is 9.04. The van der Waals surface area contributed by atoms with Crippen LogP contribution in [0.1, 0.15) is 54.4 Å². The molecule has 0 aliphatic heterocycles. The Morgan fingerprint density at radius 3 is 2.27 bits per heavy atom. The third kappa shape index (κ3) is 9.22. The Kier molecular flexibility index (Phi) is 12.0. The Balaban J connectivity index is 1.59. The maximum Gasteiger partial charge on any atom is 0.264 e. The summed E-state index contributed by atoms with van der Waals surface area (Å²) < 4.78 is 35.3. The molecule has 0 heterocycles. The summed E-state index contributed by atoms with van der Waals surface area (Å²) in [5.41, 5.74) is 3.43. The summed E-state index contributed by atoms with van der Waals surface area (Å²) in [6.07, 6.45) is 5.20. The molecule has 258 valence electrons. The Hall–Kier alpha value is -4.34. The molecule has 49 heavy (non-hydrogen) atoms. The van der Waals surface area contributed by atoms with Crippen molar-refractivity contribution in [3.05, 3.63) is 124 Å². The number of anilines is 1. The second-order valence-corrected chi connectivity index (χ2v) is 15.0. The highest BCUT2D eigenvalue weighted by Crippen LogP contribution is 2.31. The minimum Gasteiger partial charge on any atom is -0.497 e. The van der Waals surface area contributed by atoms with Crippen molar-refractivity contribution < 1.29 is 22.7 Å². The molecule has 0 unspecified atom stereocenters. The Bertz CT molecular complexity index is 1840. The lowest BCUT2D eigenvalue weighted by molar-refractivity contribution is -0.140. The van der Waals surface area contributed by atoms with Gasteiger partial charge in [-0.05, 0) is 79.8 Å². The van der Waals surface area contributed by atoms with E-state index in [0.29, 0.717) is 16.3 Å². The third-order valence-corrected chi connectivity index (χ3v) is 11.0.